The zero-order valence-electron chi connectivity index (χ0n) is 12.9. The Hall–Kier alpha value is -0.0800. The second kappa shape index (κ2) is 5.27. The van der Waals surface area contributed by atoms with Crippen LogP contribution in [-0.2, 0) is 0 Å². The van der Waals surface area contributed by atoms with Crippen LogP contribution in [0.4, 0.5) is 0 Å². The lowest BCUT2D eigenvalue weighted by Crippen LogP contribution is -2.64. The molecular weight excluding hydrogens is 208 g/mol. The van der Waals surface area contributed by atoms with E-state index in [0.717, 1.165) is 6.54 Å². The molecule has 0 amide bonds. The predicted molar refractivity (Wildman–Crippen MR) is 76.4 cm³/mol. The second-order valence-electron chi connectivity index (χ2n) is 7.39. The number of hydrogen-bond acceptors (Lipinski definition) is 2. The molecule has 0 aromatic heterocycles. The van der Waals surface area contributed by atoms with Crippen molar-refractivity contribution in [2.24, 2.45) is 5.41 Å². The quantitative estimate of drug-likeness (QED) is 0.814. The minimum absolute atomic E-state index is 0.333. The van der Waals surface area contributed by atoms with E-state index in [1.165, 1.54) is 19.4 Å². The molecule has 1 fully saturated rings. The maximum atomic E-state index is 3.71. The van der Waals surface area contributed by atoms with Gasteiger partial charge in [-0.2, -0.15) is 0 Å². The molecule has 0 aromatic carbocycles. The molecule has 0 aliphatic carbocycles. The Morgan fingerprint density at radius 3 is 2.24 bits per heavy atom. The summed E-state index contributed by atoms with van der Waals surface area (Å²) in [4.78, 5) is 2.71. The van der Waals surface area contributed by atoms with Crippen LogP contribution in [0.15, 0.2) is 0 Å². The minimum atomic E-state index is 0.333. The lowest BCUT2D eigenvalue weighted by atomic mass is 9.82. The topological polar surface area (TPSA) is 15.3 Å². The molecule has 0 saturated carbocycles. The molecule has 102 valence electrons. The van der Waals surface area contributed by atoms with Gasteiger partial charge in [-0.3, -0.25) is 4.90 Å². The molecule has 2 atom stereocenters. The lowest BCUT2D eigenvalue weighted by molar-refractivity contribution is 0.0107. The Balaban J connectivity index is 2.76. The van der Waals surface area contributed by atoms with Gasteiger partial charge >= 0.3 is 0 Å². The minimum Gasteiger partial charge on any atom is -0.311 e. The summed E-state index contributed by atoms with van der Waals surface area (Å²) in [5.74, 6) is 0. The third kappa shape index (κ3) is 3.69. The van der Waals surface area contributed by atoms with E-state index >= 15 is 0 Å². The number of nitrogens with one attached hydrogen (secondary N) is 1. The van der Waals surface area contributed by atoms with Crippen LogP contribution in [0.1, 0.15) is 61.3 Å². The lowest BCUT2D eigenvalue weighted by Gasteiger charge is -2.50. The highest BCUT2D eigenvalue weighted by molar-refractivity contribution is 4.96. The maximum Gasteiger partial charge on any atom is 0.0244 e. The van der Waals surface area contributed by atoms with Gasteiger partial charge in [-0.25, -0.2) is 0 Å². The van der Waals surface area contributed by atoms with Crippen molar-refractivity contribution in [1.82, 2.24) is 10.2 Å². The Morgan fingerprint density at radius 1 is 1.18 bits per heavy atom. The predicted octanol–water partition coefficient (Wildman–Crippen LogP) is 3.27. The van der Waals surface area contributed by atoms with Gasteiger partial charge in [0.25, 0.3) is 0 Å². The van der Waals surface area contributed by atoms with Crippen molar-refractivity contribution in [2.75, 3.05) is 13.1 Å². The van der Waals surface area contributed by atoms with Crippen molar-refractivity contribution in [3.8, 4) is 0 Å². The van der Waals surface area contributed by atoms with Crippen LogP contribution in [0.3, 0.4) is 0 Å². The van der Waals surface area contributed by atoms with Gasteiger partial charge in [-0.1, -0.05) is 34.1 Å². The molecule has 17 heavy (non-hydrogen) atoms. The first-order valence-electron chi connectivity index (χ1n) is 7.18. The van der Waals surface area contributed by atoms with E-state index in [9.17, 15) is 0 Å². The van der Waals surface area contributed by atoms with Crippen molar-refractivity contribution >= 4 is 0 Å². The summed E-state index contributed by atoms with van der Waals surface area (Å²) in [6.45, 7) is 18.8. The molecule has 2 heteroatoms. The van der Waals surface area contributed by atoms with Gasteiger partial charge in [0.1, 0.15) is 0 Å². The highest BCUT2D eigenvalue weighted by Gasteiger charge is 2.38. The van der Waals surface area contributed by atoms with Gasteiger partial charge in [0.05, 0.1) is 0 Å². The zero-order chi connectivity index (χ0) is 13.3. The Kier molecular flexibility index (Phi) is 4.65. The van der Waals surface area contributed by atoms with Crippen LogP contribution in [-0.4, -0.2) is 35.6 Å². The highest BCUT2D eigenvalue weighted by Crippen LogP contribution is 2.30. The van der Waals surface area contributed by atoms with Gasteiger partial charge in [0.15, 0.2) is 0 Å². The van der Waals surface area contributed by atoms with Crippen molar-refractivity contribution in [3.05, 3.63) is 0 Å². The molecule has 1 rings (SSSR count). The summed E-state index contributed by atoms with van der Waals surface area (Å²) in [5, 5.41) is 3.71. The average molecular weight is 240 g/mol. The summed E-state index contributed by atoms with van der Waals surface area (Å²) in [7, 11) is 0. The fourth-order valence-corrected chi connectivity index (χ4v) is 3.04. The second-order valence-corrected chi connectivity index (χ2v) is 7.39. The van der Waals surface area contributed by atoms with Crippen LogP contribution in [0, 0.1) is 5.41 Å². The van der Waals surface area contributed by atoms with Gasteiger partial charge in [0, 0.05) is 30.7 Å². The van der Waals surface area contributed by atoms with E-state index in [2.05, 4.69) is 58.7 Å². The monoisotopic (exact) mass is 240 g/mol. The van der Waals surface area contributed by atoms with Gasteiger partial charge in [0.2, 0.25) is 0 Å². The van der Waals surface area contributed by atoms with Crippen molar-refractivity contribution in [1.29, 1.82) is 0 Å². The fraction of sp³-hybridized carbons (Fsp3) is 1.00. The number of rotatable bonds is 3. The first kappa shape index (κ1) is 15.0. The molecule has 2 nitrogen and oxygen atoms in total. The molecule has 0 aromatic rings. The number of piperazine rings is 1. The SMILES string of the molecule is CCCC(C)(C)N1CC(C(C)(C)C)NCC1C. The third-order valence-corrected chi connectivity index (χ3v) is 4.26. The normalized spacial score (nSPS) is 28.4. The van der Waals surface area contributed by atoms with E-state index in [-0.39, 0.29) is 0 Å². The molecule has 1 N–H and O–H groups in total. The smallest absolute Gasteiger partial charge is 0.0244 e. The van der Waals surface area contributed by atoms with Crippen LogP contribution in [0.2, 0.25) is 0 Å². The third-order valence-electron chi connectivity index (χ3n) is 4.26. The first-order chi connectivity index (χ1) is 7.68. The van der Waals surface area contributed by atoms with Crippen LogP contribution in [0.5, 0.6) is 0 Å². The van der Waals surface area contributed by atoms with E-state index in [1.807, 2.05) is 0 Å². The standard InChI is InChI=1S/C15H32N2/c1-8-9-15(6,7)17-11-13(14(3,4)5)16-10-12(17)2/h12-13,16H,8-11H2,1-7H3. The van der Waals surface area contributed by atoms with Crippen molar-refractivity contribution in [3.63, 3.8) is 0 Å². The number of hydrogen-bond donors (Lipinski definition) is 1. The average Bonchev–Trinajstić information content (AvgIpc) is 2.15. The molecule has 0 radical (unpaired) electrons. The van der Waals surface area contributed by atoms with E-state index in [4.69, 9.17) is 0 Å². The number of nitrogens with zero attached hydrogens (tertiary/aromatic N) is 1. The van der Waals surface area contributed by atoms with Crippen molar-refractivity contribution in [2.45, 2.75) is 78.9 Å². The molecule has 1 aliphatic heterocycles. The molecule has 1 saturated heterocycles. The summed E-state index contributed by atoms with van der Waals surface area (Å²) >= 11 is 0. The van der Waals surface area contributed by atoms with Gasteiger partial charge in [-0.15, -0.1) is 0 Å². The summed E-state index contributed by atoms with van der Waals surface area (Å²) in [6, 6.07) is 1.25. The van der Waals surface area contributed by atoms with Gasteiger partial charge in [-0.05, 0) is 32.6 Å². The van der Waals surface area contributed by atoms with Crippen LogP contribution >= 0.6 is 0 Å². The molecular formula is C15H32N2. The Labute approximate surface area is 108 Å². The highest BCUT2D eigenvalue weighted by atomic mass is 15.3. The van der Waals surface area contributed by atoms with E-state index in [0.29, 0.717) is 23.0 Å². The van der Waals surface area contributed by atoms with E-state index in [1.54, 1.807) is 0 Å². The van der Waals surface area contributed by atoms with Crippen molar-refractivity contribution < 1.29 is 0 Å². The largest absolute Gasteiger partial charge is 0.311 e. The Bertz CT molecular complexity index is 240. The molecule has 1 heterocycles. The fourth-order valence-electron chi connectivity index (χ4n) is 3.04. The molecule has 0 spiro atoms. The maximum absolute atomic E-state index is 3.71. The van der Waals surface area contributed by atoms with Gasteiger partial charge < -0.3 is 5.32 Å². The molecule has 1 aliphatic rings. The summed E-state index contributed by atoms with van der Waals surface area (Å²) < 4.78 is 0. The molecule has 0 bridgehead atoms. The van der Waals surface area contributed by atoms with Crippen LogP contribution < -0.4 is 5.32 Å². The Morgan fingerprint density at radius 2 is 1.76 bits per heavy atom. The summed E-state index contributed by atoms with van der Waals surface area (Å²) in [6.07, 6.45) is 2.55. The first-order valence-corrected chi connectivity index (χ1v) is 7.18. The zero-order valence-corrected chi connectivity index (χ0v) is 12.9. The molecule has 2 unspecified atom stereocenters. The van der Waals surface area contributed by atoms with E-state index < -0.39 is 0 Å². The summed E-state index contributed by atoms with van der Waals surface area (Å²) in [5.41, 5.74) is 0.681. The van der Waals surface area contributed by atoms with Crippen LogP contribution in [0.25, 0.3) is 0 Å².